The van der Waals surface area contributed by atoms with E-state index < -0.39 is 0 Å². The van der Waals surface area contributed by atoms with Crippen LogP contribution in [0.1, 0.15) is 65.5 Å². The summed E-state index contributed by atoms with van der Waals surface area (Å²) in [5.41, 5.74) is -0.0260. The fourth-order valence-corrected chi connectivity index (χ4v) is 3.07. The van der Waals surface area contributed by atoms with Crippen molar-refractivity contribution in [1.29, 1.82) is 0 Å². The Morgan fingerprint density at radius 1 is 1.28 bits per heavy atom. The Hall–Kier alpha value is -1.56. The van der Waals surface area contributed by atoms with Crippen molar-refractivity contribution < 1.29 is 4.42 Å². The third-order valence-corrected chi connectivity index (χ3v) is 4.64. The maximum atomic E-state index is 5.82. The molecule has 0 radical (unpaired) electrons. The molecule has 1 aliphatic rings. The minimum Gasteiger partial charge on any atom is -0.443 e. The number of hydrogen-bond acceptors (Lipinski definition) is 4. The van der Waals surface area contributed by atoms with Gasteiger partial charge < -0.3 is 15.1 Å². The van der Waals surface area contributed by atoms with Crippen molar-refractivity contribution in [3.8, 4) is 0 Å². The largest absolute Gasteiger partial charge is 0.443 e. The Morgan fingerprint density at radius 3 is 2.56 bits per heavy atom. The van der Waals surface area contributed by atoms with E-state index in [0.29, 0.717) is 18.5 Å². The number of rotatable bonds is 7. The lowest BCUT2D eigenvalue weighted by Crippen LogP contribution is -2.46. The summed E-state index contributed by atoms with van der Waals surface area (Å²) >= 11 is 0. The quantitative estimate of drug-likeness (QED) is 0.585. The Kier molecular flexibility index (Phi) is 7.29. The molecule has 2 heterocycles. The van der Waals surface area contributed by atoms with Gasteiger partial charge in [-0.25, -0.2) is 9.98 Å². The van der Waals surface area contributed by atoms with Crippen LogP contribution in [0.5, 0.6) is 0 Å². The highest BCUT2D eigenvalue weighted by molar-refractivity contribution is 5.79. The van der Waals surface area contributed by atoms with Crippen LogP contribution in [0.2, 0.25) is 0 Å². The van der Waals surface area contributed by atoms with Gasteiger partial charge in [-0.1, -0.05) is 27.7 Å². The van der Waals surface area contributed by atoms with Gasteiger partial charge in [-0.15, -0.1) is 0 Å². The molecule has 1 unspecified atom stereocenters. The predicted octanol–water partition coefficient (Wildman–Crippen LogP) is 2.90. The first-order valence-corrected chi connectivity index (χ1v) is 9.65. The van der Waals surface area contributed by atoms with Crippen LogP contribution in [0.3, 0.4) is 0 Å². The summed E-state index contributed by atoms with van der Waals surface area (Å²) in [5, 5.41) is 6.79. The molecule has 6 heteroatoms. The van der Waals surface area contributed by atoms with Crippen molar-refractivity contribution in [3.63, 3.8) is 0 Å². The van der Waals surface area contributed by atoms with Crippen molar-refractivity contribution >= 4 is 5.96 Å². The molecular formula is C19H35N5O. The van der Waals surface area contributed by atoms with E-state index in [2.05, 4.69) is 60.1 Å². The van der Waals surface area contributed by atoms with E-state index in [1.165, 1.54) is 25.9 Å². The lowest BCUT2D eigenvalue weighted by molar-refractivity contribution is 0.236. The van der Waals surface area contributed by atoms with Crippen LogP contribution < -0.4 is 10.6 Å². The van der Waals surface area contributed by atoms with Gasteiger partial charge in [-0.3, -0.25) is 4.90 Å². The number of hydrogen-bond donors (Lipinski definition) is 2. The highest BCUT2D eigenvalue weighted by atomic mass is 16.4. The lowest BCUT2D eigenvalue weighted by atomic mass is 9.94. The molecule has 1 saturated heterocycles. The second-order valence-corrected chi connectivity index (χ2v) is 7.75. The van der Waals surface area contributed by atoms with Crippen molar-refractivity contribution in [2.24, 2.45) is 4.99 Å². The first-order chi connectivity index (χ1) is 11.9. The van der Waals surface area contributed by atoms with Gasteiger partial charge in [-0.05, 0) is 39.3 Å². The molecule has 2 N–H and O–H groups in total. The molecule has 1 aliphatic heterocycles. The number of guanidine groups is 1. The summed E-state index contributed by atoms with van der Waals surface area (Å²) in [6.45, 7) is 15.4. The molecule has 1 fully saturated rings. The Morgan fingerprint density at radius 2 is 2.00 bits per heavy atom. The van der Waals surface area contributed by atoms with Crippen LogP contribution in [0.25, 0.3) is 0 Å². The van der Waals surface area contributed by atoms with Crippen LogP contribution in [0, 0.1) is 0 Å². The molecular weight excluding hydrogens is 314 g/mol. The highest BCUT2D eigenvalue weighted by Crippen LogP contribution is 2.22. The third-order valence-electron chi connectivity index (χ3n) is 4.64. The van der Waals surface area contributed by atoms with Crippen LogP contribution >= 0.6 is 0 Å². The predicted molar refractivity (Wildman–Crippen MR) is 103 cm³/mol. The van der Waals surface area contributed by atoms with Gasteiger partial charge in [0.1, 0.15) is 12.3 Å². The second-order valence-electron chi connectivity index (χ2n) is 7.75. The molecule has 6 nitrogen and oxygen atoms in total. The van der Waals surface area contributed by atoms with Gasteiger partial charge in [-0.2, -0.15) is 0 Å². The molecule has 0 aromatic carbocycles. The van der Waals surface area contributed by atoms with Crippen LogP contribution in [-0.2, 0) is 12.0 Å². The smallest absolute Gasteiger partial charge is 0.216 e. The van der Waals surface area contributed by atoms with Gasteiger partial charge in [0.25, 0.3) is 0 Å². The van der Waals surface area contributed by atoms with Gasteiger partial charge in [0.05, 0.1) is 6.20 Å². The summed E-state index contributed by atoms with van der Waals surface area (Å²) in [6, 6.07) is 0.570. The summed E-state index contributed by atoms with van der Waals surface area (Å²) < 4.78 is 5.82. The monoisotopic (exact) mass is 349 g/mol. The number of aromatic nitrogens is 1. The molecule has 0 aliphatic carbocycles. The number of nitrogens with one attached hydrogen (secondary N) is 2. The first kappa shape index (κ1) is 19.8. The molecule has 1 aromatic rings. The van der Waals surface area contributed by atoms with Crippen LogP contribution in [-0.4, -0.2) is 48.1 Å². The first-order valence-electron chi connectivity index (χ1n) is 9.65. The Bertz CT molecular complexity index is 540. The summed E-state index contributed by atoms with van der Waals surface area (Å²) in [6.07, 6.45) is 5.61. The van der Waals surface area contributed by atoms with Crippen molar-refractivity contribution in [2.45, 2.75) is 71.9 Å². The van der Waals surface area contributed by atoms with E-state index >= 15 is 0 Å². The molecule has 142 valence electrons. The molecule has 0 spiro atoms. The summed E-state index contributed by atoms with van der Waals surface area (Å²) in [7, 11) is 0. The third kappa shape index (κ3) is 6.03. The standard InChI is InChI=1S/C19H35N5O/c1-6-15(24-10-8-9-11-24)12-22-18(20-7-2)23-14-17-21-13-16(25-17)19(3,4)5/h13,15H,6-12,14H2,1-5H3,(H2,20,22,23). The van der Waals surface area contributed by atoms with Crippen molar-refractivity contribution in [2.75, 3.05) is 26.2 Å². The Labute approximate surface area is 152 Å². The number of oxazole rings is 1. The summed E-state index contributed by atoms with van der Waals surface area (Å²) in [5.74, 6) is 2.39. The number of nitrogens with zero attached hydrogens (tertiary/aromatic N) is 3. The van der Waals surface area contributed by atoms with E-state index in [4.69, 9.17) is 4.42 Å². The maximum absolute atomic E-state index is 5.82. The van der Waals surface area contributed by atoms with Gasteiger partial charge in [0.2, 0.25) is 5.89 Å². The molecule has 25 heavy (non-hydrogen) atoms. The molecule has 1 aromatic heterocycles. The SMILES string of the molecule is CCNC(=NCc1ncc(C(C)(C)C)o1)NCC(CC)N1CCCC1. The minimum atomic E-state index is -0.0260. The fourth-order valence-electron chi connectivity index (χ4n) is 3.07. The molecule has 0 bridgehead atoms. The molecule has 1 atom stereocenters. The zero-order valence-electron chi connectivity index (χ0n) is 16.6. The molecule has 0 amide bonds. The average Bonchev–Trinajstić information content (AvgIpc) is 3.24. The van der Waals surface area contributed by atoms with E-state index in [1.54, 1.807) is 0 Å². The number of aliphatic imine (C=N–C) groups is 1. The van der Waals surface area contributed by atoms with E-state index in [-0.39, 0.29) is 5.41 Å². The van der Waals surface area contributed by atoms with Gasteiger partial charge in [0, 0.05) is 24.5 Å². The second kappa shape index (κ2) is 9.22. The minimum absolute atomic E-state index is 0.0260. The Balaban J connectivity index is 1.92. The average molecular weight is 350 g/mol. The lowest BCUT2D eigenvalue weighted by Gasteiger charge is -2.27. The molecule has 2 rings (SSSR count). The van der Waals surface area contributed by atoms with Gasteiger partial charge >= 0.3 is 0 Å². The zero-order chi connectivity index (χ0) is 18.3. The summed E-state index contributed by atoms with van der Waals surface area (Å²) in [4.78, 5) is 11.6. The number of likely N-dealkylation sites (tertiary alicyclic amines) is 1. The van der Waals surface area contributed by atoms with E-state index in [1.807, 2.05) is 6.20 Å². The van der Waals surface area contributed by atoms with E-state index in [0.717, 1.165) is 31.2 Å². The van der Waals surface area contributed by atoms with Crippen molar-refractivity contribution in [1.82, 2.24) is 20.5 Å². The fraction of sp³-hybridized carbons (Fsp3) is 0.789. The topological polar surface area (TPSA) is 65.7 Å². The normalized spacial score (nSPS) is 17.7. The van der Waals surface area contributed by atoms with Crippen molar-refractivity contribution in [3.05, 3.63) is 17.8 Å². The molecule has 0 saturated carbocycles. The highest BCUT2D eigenvalue weighted by Gasteiger charge is 2.21. The van der Waals surface area contributed by atoms with Gasteiger partial charge in [0.15, 0.2) is 5.96 Å². The zero-order valence-corrected chi connectivity index (χ0v) is 16.6. The maximum Gasteiger partial charge on any atom is 0.216 e. The van der Waals surface area contributed by atoms with Crippen LogP contribution in [0.15, 0.2) is 15.6 Å². The van der Waals surface area contributed by atoms with Crippen LogP contribution in [0.4, 0.5) is 0 Å². The van der Waals surface area contributed by atoms with E-state index in [9.17, 15) is 0 Å².